The van der Waals surface area contributed by atoms with E-state index in [-0.39, 0.29) is 11.9 Å². The van der Waals surface area contributed by atoms with Crippen LogP contribution in [0.1, 0.15) is 33.5 Å². The summed E-state index contributed by atoms with van der Waals surface area (Å²) in [6.45, 7) is 5.86. The van der Waals surface area contributed by atoms with Crippen LogP contribution in [0.15, 0.2) is 60.7 Å². The maximum Gasteiger partial charge on any atom is 0.324 e. The van der Waals surface area contributed by atoms with Gasteiger partial charge < -0.3 is 19.7 Å². The van der Waals surface area contributed by atoms with Gasteiger partial charge in [-0.05, 0) is 67.3 Å². The van der Waals surface area contributed by atoms with Gasteiger partial charge in [-0.3, -0.25) is 9.69 Å². The lowest BCUT2D eigenvalue weighted by Gasteiger charge is -2.36. The largest absolute Gasteiger partial charge is 0.493 e. The highest BCUT2D eigenvalue weighted by Gasteiger charge is 2.29. The second-order valence-corrected chi connectivity index (χ2v) is 8.68. The van der Waals surface area contributed by atoms with Crippen LogP contribution in [-0.4, -0.2) is 44.1 Å². The SMILES string of the molecule is COc1ccc(C(=O)Nc2cc(C)ccc2N2CCCN(Cc3ccccc3C)C2=O)cc1OC. The van der Waals surface area contributed by atoms with Gasteiger partial charge in [0.25, 0.3) is 5.91 Å². The van der Waals surface area contributed by atoms with E-state index in [9.17, 15) is 9.59 Å². The van der Waals surface area contributed by atoms with Crippen LogP contribution in [0.5, 0.6) is 11.5 Å². The number of carbonyl (C=O) groups is 2. The van der Waals surface area contributed by atoms with Gasteiger partial charge in [0.05, 0.1) is 25.6 Å². The number of ether oxygens (including phenoxy) is 2. The Balaban J connectivity index is 1.59. The summed E-state index contributed by atoms with van der Waals surface area (Å²) in [7, 11) is 3.08. The first-order chi connectivity index (χ1) is 16.9. The number of hydrogen-bond acceptors (Lipinski definition) is 4. The number of carbonyl (C=O) groups excluding carboxylic acids is 2. The molecule has 3 aromatic rings. The summed E-state index contributed by atoms with van der Waals surface area (Å²) in [5, 5.41) is 3.00. The van der Waals surface area contributed by atoms with E-state index in [1.807, 2.05) is 42.2 Å². The minimum atomic E-state index is -0.293. The van der Waals surface area contributed by atoms with Crippen molar-refractivity contribution in [3.8, 4) is 11.5 Å². The summed E-state index contributed by atoms with van der Waals surface area (Å²) in [5.74, 6) is 0.731. The third kappa shape index (κ3) is 5.24. The van der Waals surface area contributed by atoms with Gasteiger partial charge in [-0.25, -0.2) is 4.79 Å². The molecule has 1 saturated heterocycles. The number of anilines is 2. The van der Waals surface area contributed by atoms with E-state index in [4.69, 9.17) is 9.47 Å². The van der Waals surface area contributed by atoms with Gasteiger partial charge in [0.2, 0.25) is 0 Å². The van der Waals surface area contributed by atoms with Crippen LogP contribution in [-0.2, 0) is 6.54 Å². The van der Waals surface area contributed by atoms with Crippen molar-refractivity contribution in [3.63, 3.8) is 0 Å². The number of nitrogens with zero attached hydrogens (tertiary/aromatic N) is 2. The molecular formula is C28H31N3O4. The van der Waals surface area contributed by atoms with Crippen LogP contribution >= 0.6 is 0 Å². The van der Waals surface area contributed by atoms with Crippen molar-refractivity contribution < 1.29 is 19.1 Å². The van der Waals surface area contributed by atoms with Crippen molar-refractivity contribution in [1.82, 2.24) is 4.90 Å². The zero-order valence-electron chi connectivity index (χ0n) is 20.6. The molecular weight excluding hydrogens is 442 g/mol. The van der Waals surface area contributed by atoms with E-state index in [2.05, 4.69) is 24.4 Å². The van der Waals surface area contributed by atoms with E-state index >= 15 is 0 Å². The minimum Gasteiger partial charge on any atom is -0.493 e. The van der Waals surface area contributed by atoms with Crippen LogP contribution in [0.25, 0.3) is 0 Å². The topological polar surface area (TPSA) is 71.1 Å². The van der Waals surface area contributed by atoms with Crippen LogP contribution < -0.4 is 19.7 Å². The predicted octanol–water partition coefficient (Wildman–Crippen LogP) is 5.41. The highest BCUT2D eigenvalue weighted by atomic mass is 16.5. The van der Waals surface area contributed by atoms with E-state index in [0.717, 1.165) is 23.1 Å². The Kier molecular flexibility index (Phi) is 7.25. The van der Waals surface area contributed by atoms with Crippen molar-refractivity contribution in [2.75, 3.05) is 37.5 Å². The lowest BCUT2D eigenvalue weighted by Crippen LogP contribution is -2.49. The summed E-state index contributed by atoms with van der Waals surface area (Å²) in [6.07, 6.45) is 0.842. The molecule has 1 aliphatic rings. The Morgan fingerprint density at radius 3 is 2.46 bits per heavy atom. The second kappa shape index (κ2) is 10.5. The van der Waals surface area contributed by atoms with Crippen LogP contribution in [0, 0.1) is 13.8 Å². The fraction of sp³-hybridized carbons (Fsp3) is 0.286. The lowest BCUT2D eigenvalue weighted by molar-refractivity contribution is 0.102. The monoisotopic (exact) mass is 473 g/mol. The molecule has 182 valence electrons. The van der Waals surface area contributed by atoms with Crippen molar-refractivity contribution in [1.29, 1.82) is 0 Å². The third-order valence-corrected chi connectivity index (χ3v) is 6.27. The Bertz CT molecular complexity index is 1240. The Hall–Kier alpha value is -4.00. The number of methoxy groups -OCH3 is 2. The highest BCUT2D eigenvalue weighted by Crippen LogP contribution is 2.32. The molecule has 0 saturated carbocycles. The minimum absolute atomic E-state index is 0.0648. The molecule has 3 amide bonds. The first-order valence-corrected chi connectivity index (χ1v) is 11.7. The Morgan fingerprint density at radius 2 is 1.71 bits per heavy atom. The summed E-state index contributed by atoms with van der Waals surface area (Å²) in [4.78, 5) is 30.3. The predicted molar refractivity (Wildman–Crippen MR) is 138 cm³/mol. The van der Waals surface area contributed by atoms with Crippen molar-refractivity contribution in [2.24, 2.45) is 0 Å². The molecule has 1 fully saturated rings. The Morgan fingerprint density at radius 1 is 0.943 bits per heavy atom. The number of amides is 3. The zero-order chi connectivity index (χ0) is 24.9. The maximum absolute atomic E-state index is 13.5. The summed E-state index contributed by atoms with van der Waals surface area (Å²) < 4.78 is 10.6. The van der Waals surface area contributed by atoms with Crippen molar-refractivity contribution >= 4 is 23.3 Å². The molecule has 1 N–H and O–H groups in total. The van der Waals surface area contributed by atoms with Gasteiger partial charge in [0.15, 0.2) is 11.5 Å². The standard InChI is InChI=1S/C28H31N3O4/c1-19-10-12-24(23(16-19)29-27(32)21-11-13-25(34-3)26(17-21)35-4)31-15-7-14-30(28(31)33)18-22-9-6-5-8-20(22)2/h5-6,8-13,16-17H,7,14-15,18H2,1-4H3,(H,29,32). The van der Waals surface area contributed by atoms with E-state index in [1.54, 1.807) is 30.2 Å². The normalized spacial score (nSPS) is 13.5. The molecule has 7 heteroatoms. The number of aryl methyl sites for hydroxylation is 2. The van der Waals surface area contributed by atoms with Crippen molar-refractivity contribution in [2.45, 2.75) is 26.8 Å². The molecule has 3 aromatic carbocycles. The first kappa shape index (κ1) is 24.1. The molecule has 35 heavy (non-hydrogen) atoms. The van der Waals surface area contributed by atoms with Gasteiger partial charge in [0, 0.05) is 25.2 Å². The number of hydrogen-bond donors (Lipinski definition) is 1. The third-order valence-electron chi connectivity index (χ3n) is 6.27. The molecule has 7 nitrogen and oxygen atoms in total. The summed E-state index contributed by atoms with van der Waals surface area (Å²) in [5.41, 5.74) is 4.99. The average Bonchev–Trinajstić information content (AvgIpc) is 2.86. The van der Waals surface area contributed by atoms with E-state index in [1.165, 1.54) is 7.11 Å². The molecule has 1 aliphatic heterocycles. The molecule has 0 atom stereocenters. The smallest absolute Gasteiger partial charge is 0.324 e. The summed E-state index contributed by atoms with van der Waals surface area (Å²) >= 11 is 0. The molecule has 0 radical (unpaired) electrons. The van der Waals surface area contributed by atoms with E-state index in [0.29, 0.717) is 48.1 Å². The van der Waals surface area contributed by atoms with E-state index < -0.39 is 0 Å². The highest BCUT2D eigenvalue weighted by molar-refractivity contribution is 6.08. The Labute approximate surface area is 206 Å². The molecule has 1 heterocycles. The van der Waals surface area contributed by atoms with Crippen LogP contribution in [0.3, 0.4) is 0 Å². The van der Waals surface area contributed by atoms with Gasteiger partial charge in [0.1, 0.15) is 0 Å². The zero-order valence-corrected chi connectivity index (χ0v) is 20.6. The molecule has 0 unspecified atom stereocenters. The lowest BCUT2D eigenvalue weighted by atomic mass is 10.1. The molecule has 4 rings (SSSR count). The summed E-state index contributed by atoms with van der Waals surface area (Å²) in [6, 6.07) is 18.8. The number of rotatable bonds is 7. The first-order valence-electron chi connectivity index (χ1n) is 11.7. The second-order valence-electron chi connectivity index (χ2n) is 8.68. The van der Waals surface area contributed by atoms with Gasteiger partial charge in [-0.1, -0.05) is 30.3 Å². The molecule has 0 aromatic heterocycles. The fourth-order valence-electron chi connectivity index (χ4n) is 4.30. The quantitative estimate of drug-likeness (QED) is 0.498. The molecule has 0 bridgehead atoms. The van der Waals surface area contributed by atoms with Crippen LogP contribution in [0.4, 0.5) is 16.2 Å². The number of urea groups is 1. The number of nitrogens with one attached hydrogen (secondary N) is 1. The van der Waals surface area contributed by atoms with Crippen molar-refractivity contribution in [3.05, 3.63) is 82.9 Å². The molecule has 0 spiro atoms. The van der Waals surface area contributed by atoms with Gasteiger partial charge in [-0.15, -0.1) is 0 Å². The number of benzene rings is 3. The average molecular weight is 474 g/mol. The van der Waals surface area contributed by atoms with Gasteiger partial charge in [-0.2, -0.15) is 0 Å². The van der Waals surface area contributed by atoms with Crippen LogP contribution in [0.2, 0.25) is 0 Å². The molecule has 0 aliphatic carbocycles. The maximum atomic E-state index is 13.5. The van der Waals surface area contributed by atoms with Gasteiger partial charge >= 0.3 is 6.03 Å². The fourth-order valence-corrected chi connectivity index (χ4v) is 4.30.